The summed E-state index contributed by atoms with van der Waals surface area (Å²) < 4.78 is 5.27. The molecule has 0 spiro atoms. The number of nitrogens with one attached hydrogen (secondary N) is 2. The number of carbonyl (C=O) groups is 2. The van der Waals surface area contributed by atoms with Gasteiger partial charge in [0.25, 0.3) is 5.91 Å². The molecule has 2 amide bonds. The Hall–Kier alpha value is -1.44. The second-order valence-electron chi connectivity index (χ2n) is 4.06. The average Bonchev–Trinajstić information content (AvgIpc) is 2.96. The van der Waals surface area contributed by atoms with Gasteiger partial charge in [0, 0.05) is 6.04 Å². The van der Waals surface area contributed by atoms with Crippen molar-refractivity contribution in [2.75, 3.05) is 25.6 Å². The third-order valence-electron chi connectivity index (χ3n) is 2.96. The number of hydrogen-bond acceptors (Lipinski definition) is 5. The molecule has 0 saturated carbocycles. The van der Waals surface area contributed by atoms with Gasteiger partial charge in [-0.1, -0.05) is 0 Å². The van der Waals surface area contributed by atoms with E-state index in [0.29, 0.717) is 23.8 Å². The molecule has 98 valence electrons. The minimum Gasteiger partial charge on any atom is -0.379 e. The maximum Gasteiger partial charge on any atom is 0.251 e. The van der Waals surface area contributed by atoms with E-state index in [1.807, 2.05) is 0 Å². The first-order valence-corrected chi connectivity index (χ1v) is 6.44. The SMILES string of the molecule is CNC1COCC1C(=O)Nc1sccc1C(N)=O. The van der Waals surface area contributed by atoms with Crippen LogP contribution in [0.1, 0.15) is 10.4 Å². The molecule has 6 nitrogen and oxygen atoms in total. The highest BCUT2D eigenvalue weighted by atomic mass is 32.1. The van der Waals surface area contributed by atoms with Crippen molar-refractivity contribution < 1.29 is 14.3 Å². The number of rotatable bonds is 4. The van der Waals surface area contributed by atoms with E-state index in [0.717, 1.165) is 0 Å². The number of nitrogens with two attached hydrogens (primary N) is 1. The fourth-order valence-corrected chi connectivity index (χ4v) is 2.70. The molecule has 0 radical (unpaired) electrons. The lowest BCUT2D eigenvalue weighted by Crippen LogP contribution is -2.39. The fourth-order valence-electron chi connectivity index (χ4n) is 1.90. The van der Waals surface area contributed by atoms with Gasteiger partial charge >= 0.3 is 0 Å². The first kappa shape index (κ1) is 13.0. The van der Waals surface area contributed by atoms with E-state index < -0.39 is 5.91 Å². The van der Waals surface area contributed by atoms with Crippen LogP contribution in [0.2, 0.25) is 0 Å². The number of amides is 2. The van der Waals surface area contributed by atoms with Crippen LogP contribution in [0.3, 0.4) is 0 Å². The largest absolute Gasteiger partial charge is 0.379 e. The molecule has 2 atom stereocenters. The number of primary amides is 1. The van der Waals surface area contributed by atoms with Gasteiger partial charge in [-0.2, -0.15) is 0 Å². The van der Waals surface area contributed by atoms with Gasteiger partial charge < -0.3 is 21.1 Å². The summed E-state index contributed by atoms with van der Waals surface area (Å²) in [7, 11) is 1.79. The molecule has 1 aromatic rings. The van der Waals surface area contributed by atoms with Crippen molar-refractivity contribution in [3.8, 4) is 0 Å². The topological polar surface area (TPSA) is 93.4 Å². The molecule has 0 bridgehead atoms. The molecule has 2 heterocycles. The lowest BCUT2D eigenvalue weighted by atomic mass is 10.0. The Morgan fingerprint density at radius 1 is 1.50 bits per heavy atom. The molecule has 1 aliphatic heterocycles. The maximum absolute atomic E-state index is 12.1. The maximum atomic E-state index is 12.1. The molecule has 1 aliphatic rings. The Labute approximate surface area is 108 Å². The standard InChI is InChI=1S/C11H15N3O3S/c1-13-8-5-17-4-7(8)10(16)14-11-6(9(12)15)2-3-18-11/h2-3,7-8,13H,4-5H2,1H3,(H2,12,15)(H,14,16). The van der Waals surface area contributed by atoms with Gasteiger partial charge in [0.2, 0.25) is 5.91 Å². The number of ether oxygens (including phenoxy) is 1. The Kier molecular flexibility index (Phi) is 3.95. The Balaban J connectivity index is 2.07. The fraction of sp³-hybridized carbons (Fsp3) is 0.455. The van der Waals surface area contributed by atoms with Gasteiger partial charge in [-0.3, -0.25) is 9.59 Å². The van der Waals surface area contributed by atoms with Crippen molar-refractivity contribution in [3.05, 3.63) is 17.0 Å². The zero-order valence-corrected chi connectivity index (χ0v) is 10.8. The molecule has 2 unspecified atom stereocenters. The zero-order valence-electron chi connectivity index (χ0n) is 9.93. The van der Waals surface area contributed by atoms with Crippen molar-refractivity contribution in [1.29, 1.82) is 0 Å². The predicted molar refractivity (Wildman–Crippen MR) is 68.6 cm³/mol. The second kappa shape index (κ2) is 5.47. The molecule has 1 saturated heterocycles. The molecule has 4 N–H and O–H groups in total. The molecule has 1 fully saturated rings. The average molecular weight is 269 g/mol. The third kappa shape index (κ3) is 2.53. The van der Waals surface area contributed by atoms with E-state index >= 15 is 0 Å². The molecule has 0 aliphatic carbocycles. The van der Waals surface area contributed by atoms with Crippen molar-refractivity contribution in [2.45, 2.75) is 6.04 Å². The van der Waals surface area contributed by atoms with Crippen LogP contribution in [0.4, 0.5) is 5.00 Å². The van der Waals surface area contributed by atoms with Gasteiger partial charge in [0.1, 0.15) is 5.00 Å². The first-order chi connectivity index (χ1) is 8.63. The van der Waals surface area contributed by atoms with Crippen LogP contribution in [0.25, 0.3) is 0 Å². The van der Waals surface area contributed by atoms with Crippen LogP contribution in [-0.2, 0) is 9.53 Å². The predicted octanol–water partition coefficient (Wildman–Crippen LogP) is 0.0199. The third-order valence-corrected chi connectivity index (χ3v) is 3.79. The smallest absolute Gasteiger partial charge is 0.251 e. The highest BCUT2D eigenvalue weighted by Crippen LogP contribution is 2.24. The number of thiophene rings is 1. The molecule has 2 rings (SSSR count). The van der Waals surface area contributed by atoms with E-state index in [1.165, 1.54) is 11.3 Å². The van der Waals surface area contributed by atoms with Gasteiger partial charge in [-0.15, -0.1) is 11.3 Å². The van der Waals surface area contributed by atoms with Crippen LogP contribution in [0.15, 0.2) is 11.4 Å². The Morgan fingerprint density at radius 3 is 2.94 bits per heavy atom. The number of likely N-dealkylation sites (N-methyl/N-ethyl adjacent to an activating group) is 1. The molecular formula is C11H15N3O3S. The molecule has 0 aromatic carbocycles. The highest BCUT2D eigenvalue weighted by molar-refractivity contribution is 7.14. The lowest BCUT2D eigenvalue weighted by Gasteiger charge is -2.16. The van der Waals surface area contributed by atoms with Crippen LogP contribution in [-0.4, -0.2) is 38.1 Å². The zero-order chi connectivity index (χ0) is 13.1. The van der Waals surface area contributed by atoms with Crippen molar-refractivity contribution in [2.24, 2.45) is 11.7 Å². The highest BCUT2D eigenvalue weighted by Gasteiger charge is 2.33. The Bertz CT molecular complexity index is 460. The summed E-state index contributed by atoms with van der Waals surface area (Å²) in [5.41, 5.74) is 5.56. The van der Waals surface area contributed by atoms with Crippen LogP contribution in [0, 0.1) is 5.92 Å². The summed E-state index contributed by atoms with van der Waals surface area (Å²) >= 11 is 1.28. The molecule has 1 aromatic heterocycles. The number of carbonyl (C=O) groups excluding carboxylic acids is 2. The van der Waals surface area contributed by atoms with Crippen molar-refractivity contribution in [1.82, 2.24) is 5.32 Å². The second-order valence-corrected chi connectivity index (χ2v) is 4.97. The van der Waals surface area contributed by atoms with E-state index in [9.17, 15) is 9.59 Å². The normalized spacial score (nSPS) is 22.9. The van der Waals surface area contributed by atoms with Crippen molar-refractivity contribution >= 4 is 28.2 Å². The minimum atomic E-state index is -0.542. The van der Waals surface area contributed by atoms with E-state index in [2.05, 4.69) is 10.6 Å². The van der Waals surface area contributed by atoms with Gasteiger partial charge in [0.05, 0.1) is 24.7 Å². The molecule has 7 heteroatoms. The van der Waals surface area contributed by atoms with E-state index in [-0.39, 0.29) is 17.9 Å². The summed E-state index contributed by atoms with van der Waals surface area (Å²) in [5.74, 6) is -0.950. The summed E-state index contributed by atoms with van der Waals surface area (Å²) in [6.07, 6.45) is 0. The number of anilines is 1. The van der Waals surface area contributed by atoms with E-state index in [1.54, 1.807) is 18.5 Å². The van der Waals surface area contributed by atoms with Gasteiger partial charge in [0.15, 0.2) is 0 Å². The lowest BCUT2D eigenvalue weighted by molar-refractivity contribution is -0.120. The monoisotopic (exact) mass is 269 g/mol. The van der Waals surface area contributed by atoms with Crippen molar-refractivity contribution in [3.63, 3.8) is 0 Å². The summed E-state index contributed by atoms with van der Waals surface area (Å²) in [6.45, 7) is 0.899. The van der Waals surface area contributed by atoms with E-state index in [4.69, 9.17) is 10.5 Å². The minimum absolute atomic E-state index is 0.00184. The quantitative estimate of drug-likeness (QED) is 0.718. The summed E-state index contributed by atoms with van der Waals surface area (Å²) in [6, 6.07) is 1.60. The van der Waals surface area contributed by atoms with Gasteiger partial charge in [-0.25, -0.2) is 0 Å². The van der Waals surface area contributed by atoms with Crippen LogP contribution in [0.5, 0.6) is 0 Å². The molecule has 18 heavy (non-hydrogen) atoms. The summed E-state index contributed by atoms with van der Waals surface area (Å²) in [4.78, 5) is 23.2. The van der Waals surface area contributed by atoms with Gasteiger partial charge in [-0.05, 0) is 18.5 Å². The number of hydrogen-bond donors (Lipinski definition) is 3. The Morgan fingerprint density at radius 2 is 2.28 bits per heavy atom. The first-order valence-electron chi connectivity index (χ1n) is 5.56. The molecular weight excluding hydrogens is 254 g/mol. The summed E-state index contributed by atoms with van der Waals surface area (Å²) in [5, 5.41) is 7.99. The van der Waals surface area contributed by atoms with Crippen LogP contribution < -0.4 is 16.4 Å². The van der Waals surface area contributed by atoms with Crippen LogP contribution >= 0.6 is 11.3 Å².